The number of hydrogen-bond acceptors (Lipinski definition) is 5. The normalized spacial score (nSPS) is 16.0. The zero-order chi connectivity index (χ0) is 14.5. The number of thiazole rings is 1. The lowest BCUT2D eigenvalue weighted by atomic mass is 10.1. The molecule has 0 unspecified atom stereocenters. The standard InChI is InChI=1S/C16H20N2OS2/c1-19-14-4-2-3-12(9-14)16-18-11-15(21-16)10-17-13-5-7-20-8-6-13/h2-4,9,11,13,17H,5-8,10H2,1H3. The lowest BCUT2D eigenvalue weighted by Gasteiger charge is -2.22. The number of methoxy groups -OCH3 is 1. The molecule has 0 spiro atoms. The van der Waals surface area contributed by atoms with Crippen molar-refractivity contribution in [3.8, 4) is 16.3 Å². The zero-order valence-electron chi connectivity index (χ0n) is 12.2. The molecule has 1 saturated heterocycles. The molecule has 1 aromatic heterocycles. The molecule has 3 nitrogen and oxygen atoms in total. The first-order chi connectivity index (χ1) is 10.3. The van der Waals surface area contributed by atoms with Gasteiger partial charge in [0.15, 0.2) is 0 Å². The summed E-state index contributed by atoms with van der Waals surface area (Å²) in [6, 6.07) is 8.76. The van der Waals surface area contributed by atoms with Crippen molar-refractivity contribution in [3.05, 3.63) is 35.3 Å². The van der Waals surface area contributed by atoms with Gasteiger partial charge in [0, 0.05) is 29.2 Å². The van der Waals surface area contributed by atoms with E-state index in [4.69, 9.17) is 4.74 Å². The first-order valence-corrected chi connectivity index (χ1v) is 9.22. The van der Waals surface area contributed by atoms with Crippen LogP contribution in [0.5, 0.6) is 5.75 Å². The average molecular weight is 320 g/mol. The number of thioether (sulfide) groups is 1. The highest BCUT2D eigenvalue weighted by molar-refractivity contribution is 7.99. The molecule has 2 aromatic rings. The lowest BCUT2D eigenvalue weighted by Crippen LogP contribution is -2.31. The minimum Gasteiger partial charge on any atom is -0.497 e. The largest absolute Gasteiger partial charge is 0.497 e. The van der Waals surface area contributed by atoms with Crippen molar-refractivity contribution in [2.24, 2.45) is 0 Å². The van der Waals surface area contributed by atoms with Crippen LogP contribution in [0.3, 0.4) is 0 Å². The molecule has 1 aliphatic rings. The van der Waals surface area contributed by atoms with Crippen molar-refractivity contribution in [2.75, 3.05) is 18.6 Å². The van der Waals surface area contributed by atoms with E-state index in [-0.39, 0.29) is 0 Å². The Labute approximate surface area is 134 Å². The lowest BCUT2D eigenvalue weighted by molar-refractivity contribution is 0.415. The number of rotatable bonds is 5. The summed E-state index contributed by atoms with van der Waals surface area (Å²) in [6.07, 6.45) is 4.56. The first-order valence-electron chi connectivity index (χ1n) is 7.25. The van der Waals surface area contributed by atoms with Crippen LogP contribution in [0.1, 0.15) is 17.7 Å². The van der Waals surface area contributed by atoms with Crippen LogP contribution >= 0.6 is 23.1 Å². The SMILES string of the molecule is COc1cccc(-c2ncc(CNC3CCSCC3)s2)c1. The van der Waals surface area contributed by atoms with Gasteiger partial charge in [0.1, 0.15) is 10.8 Å². The summed E-state index contributed by atoms with van der Waals surface area (Å²) in [5, 5.41) is 4.72. The van der Waals surface area contributed by atoms with E-state index in [0.717, 1.165) is 22.9 Å². The van der Waals surface area contributed by atoms with Gasteiger partial charge in [-0.25, -0.2) is 4.98 Å². The molecular weight excluding hydrogens is 300 g/mol. The van der Waals surface area contributed by atoms with Gasteiger partial charge in [0.05, 0.1) is 7.11 Å². The monoisotopic (exact) mass is 320 g/mol. The summed E-state index contributed by atoms with van der Waals surface area (Å²) in [5.74, 6) is 3.45. The van der Waals surface area contributed by atoms with E-state index in [0.29, 0.717) is 6.04 Å². The summed E-state index contributed by atoms with van der Waals surface area (Å²) in [4.78, 5) is 5.84. The van der Waals surface area contributed by atoms with Crippen molar-refractivity contribution in [2.45, 2.75) is 25.4 Å². The van der Waals surface area contributed by atoms with Crippen molar-refractivity contribution in [3.63, 3.8) is 0 Å². The van der Waals surface area contributed by atoms with Gasteiger partial charge in [-0.1, -0.05) is 12.1 Å². The summed E-state index contributed by atoms with van der Waals surface area (Å²) >= 11 is 3.82. The van der Waals surface area contributed by atoms with E-state index in [1.54, 1.807) is 18.4 Å². The Balaban J connectivity index is 1.62. The van der Waals surface area contributed by atoms with Gasteiger partial charge in [-0.15, -0.1) is 11.3 Å². The van der Waals surface area contributed by atoms with E-state index >= 15 is 0 Å². The Kier molecular flexibility index (Phi) is 5.17. The van der Waals surface area contributed by atoms with Gasteiger partial charge >= 0.3 is 0 Å². The van der Waals surface area contributed by atoms with E-state index in [1.807, 2.05) is 24.4 Å². The van der Waals surface area contributed by atoms with Gasteiger partial charge < -0.3 is 10.1 Å². The van der Waals surface area contributed by atoms with Gasteiger partial charge in [-0.05, 0) is 36.5 Å². The third kappa shape index (κ3) is 3.99. The Bertz CT molecular complexity index is 579. The van der Waals surface area contributed by atoms with E-state index in [2.05, 4.69) is 28.1 Å². The van der Waals surface area contributed by atoms with Crippen LogP contribution in [0, 0.1) is 0 Å². The zero-order valence-corrected chi connectivity index (χ0v) is 13.8. The van der Waals surface area contributed by atoms with Gasteiger partial charge in [-0.3, -0.25) is 0 Å². The van der Waals surface area contributed by atoms with Crippen molar-refractivity contribution in [1.29, 1.82) is 0 Å². The van der Waals surface area contributed by atoms with Crippen molar-refractivity contribution in [1.82, 2.24) is 10.3 Å². The topological polar surface area (TPSA) is 34.1 Å². The quantitative estimate of drug-likeness (QED) is 0.908. The summed E-state index contributed by atoms with van der Waals surface area (Å²) < 4.78 is 5.27. The smallest absolute Gasteiger partial charge is 0.123 e. The van der Waals surface area contributed by atoms with E-state index in [9.17, 15) is 0 Å². The predicted octanol–water partition coefficient (Wildman–Crippen LogP) is 3.80. The summed E-state index contributed by atoms with van der Waals surface area (Å²) in [7, 11) is 1.69. The number of benzene rings is 1. The maximum Gasteiger partial charge on any atom is 0.123 e. The molecule has 0 aliphatic carbocycles. The number of aromatic nitrogens is 1. The van der Waals surface area contributed by atoms with E-state index in [1.165, 1.54) is 29.2 Å². The van der Waals surface area contributed by atoms with Crippen molar-refractivity contribution < 1.29 is 4.74 Å². The molecule has 3 rings (SSSR count). The number of ether oxygens (including phenoxy) is 1. The Hall–Kier alpha value is -1.04. The van der Waals surface area contributed by atoms with Crippen LogP contribution in [-0.4, -0.2) is 29.6 Å². The number of nitrogens with zero attached hydrogens (tertiary/aromatic N) is 1. The molecule has 1 aromatic carbocycles. The minimum atomic E-state index is 0.675. The van der Waals surface area contributed by atoms with Gasteiger partial charge in [0.2, 0.25) is 0 Å². The maximum atomic E-state index is 5.27. The van der Waals surface area contributed by atoms with Gasteiger partial charge in [-0.2, -0.15) is 11.8 Å². The third-order valence-electron chi connectivity index (χ3n) is 3.66. The summed E-state index contributed by atoms with van der Waals surface area (Å²) in [6.45, 7) is 0.928. The molecule has 2 heterocycles. The Morgan fingerprint density at radius 1 is 1.33 bits per heavy atom. The van der Waals surface area contributed by atoms with Crippen LogP contribution < -0.4 is 10.1 Å². The Morgan fingerprint density at radius 3 is 3.00 bits per heavy atom. The van der Waals surface area contributed by atoms with Crippen LogP contribution in [0.15, 0.2) is 30.5 Å². The molecule has 1 aliphatic heterocycles. The fourth-order valence-electron chi connectivity index (χ4n) is 2.43. The molecule has 1 fully saturated rings. The molecule has 1 N–H and O–H groups in total. The second-order valence-corrected chi connectivity index (χ2v) is 7.47. The molecular formula is C16H20N2OS2. The highest BCUT2D eigenvalue weighted by Crippen LogP contribution is 2.28. The molecule has 0 amide bonds. The van der Waals surface area contributed by atoms with E-state index < -0.39 is 0 Å². The highest BCUT2D eigenvalue weighted by Gasteiger charge is 2.13. The fraction of sp³-hybridized carbons (Fsp3) is 0.438. The van der Waals surface area contributed by atoms with Crippen molar-refractivity contribution >= 4 is 23.1 Å². The summed E-state index contributed by atoms with van der Waals surface area (Å²) in [5.41, 5.74) is 1.12. The molecule has 21 heavy (non-hydrogen) atoms. The molecule has 5 heteroatoms. The highest BCUT2D eigenvalue weighted by atomic mass is 32.2. The van der Waals surface area contributed by atoms with Crippen LogP contribution in [0.2, 0.25) is 0 Å². The second kappa shape index (κ2) is 7.29. The van der Waals surface area contributed by atoms with Crippen LogP contribution in [-0.2, 0) is 6.54 Å². The third-order valence-corrected chi connectivity index (χ3v) is 5.75. The Morgan fingerprint density at radius 2 is 2.19 bits per heavy atom. The van der Waals surface area contributed by atoms with Crippen LogP contribution in [0.25, 0.3) is 10.6 Å². The van der Waals surface area contributed by atoms with Gasteiger partial charge in [0.25, 0.3) is 0 Å². The molecule has 0 saturated carbocycles. The number of hydrogen-bond donors (Lipinski definition) is 1. The molecule has 112 valence electrons. The maximum absolute atomic E-state index is 5.27. The fourth-order valence-corrected chi connectivity index (χ4v) is 4.39. The number of nitrogens with one attached hydrogen (secondary N) is 1. The average Bonchev–Trinajstić information content (AvgIpc) is 3.03. The second-order valence-electron chi connectivity index (χ2n) is 5.13. The molecule has 0 radical (unpaired) electrons. The molecule has 0 bridgehead atoms. The minimum absolute atomic E-state index is 0.675. The van der Waals surface area contributed by atoms with Crippen LogP contribution in [0.4, 0.5) is 0 Å². The predicted molar refractivity (Wildman–Crippen MR) is 91.3 cm³/mol. The molecule has 0 atom stereocenters. The first kappa shape index (κ1) is 14.9.